The van der Waals surface area contributed by atoms with Crippen molar-refractivity contribution < 1.29 is 5.11 Å². The number of aromatic nitrogens is 1. The van der Waals surface area contributed by atoms with Crippen LogP contribution in [0.3, 0.4) is 0 Å². The zero-order valence-corrected chi connectivity index (χ0v) is 9.47. The van der Waals surface area contributed by atoms with E-state index in [1.165, 1.54) is 11.3 Å². The first kappa shape index (κ1) is 9.48. The quantitative estimate of drug-likeness (QED) is 0.838. The van der Waals surface area contributed by atoms with Gasteiger partial charge in [-0.05, 0) is 22.0 Å². The molecule has 2 aromatic rings. The number of nitrogens with zero attached hydrogens (tertiary/aromatic N) is 1. The molecule has 0 saturated heterocycles. The molecule has 0 spiro atoms. The van der Waals surface area contributed by atoms with E-state index < -0.39 is 0 Å². The number of rotatable bonds is 1. The number of thiazole rings is 1. The van der Waals surface area contributed by atoms with Crippen molar-refractivity contribution in [3.63, 3.8) is 0 Å². The Morgan fingerprint density at radius 1 is 1.43 bits per heavy atom. The first-order chi connectivity index (χ1) is 6.68. The van der Waals surface area contributed by atoms with Crippen LogP contribution in [-0.4, -0.2) is 10.1 Å². The Bertz CT molecular complexity index is 470. The maximum atomic E-state index is 9.47. The lowest BCUT2D eigenvalue weighted by Gasteiger charge is -2.02. The van der Waals surface area contributed by atoms with E-state index in [-0.39, 0.29) is 5.75 Å². The van der Waals surface area contributed by atoms with Crippen LogP contribution in [0.15, 0.2) is 28.1 Å². The molecule has 0 saturated carbocycles. The predicted molar refractivity (Wildman–Crippen MR) is 61.3 cm³/mol. The highest BCUT2D eigenvalue weighted by molar-refractivity contribution is 9.10. The number of hydrogen-bond donors (Lipinski definition) is 2. The first-order valence-corrected chi connectivity index (χ1v) is 5.54. The summed E-state index contributed by atoms with van der Waals surface area (Å²) in [5, 5.41) is 11.8. The van der Waals surface area contributed by atoms with Gasteiger partial charge in [0.15, 0.2) is 5.13 Å². The molecule has 0 unspecified atom stereocenters. The van der Waals surface area contributed by atoms with E-state index in [2.05, 4.69) is 20.9 Å². The highest BCUT2D eigenvalue weighted by Crippen LogP contribution is 2.35. The number of halogens is 1. The van der Waals surface area contributed by atoms with Gasteiger partial charge in [-0.1, -0.05) is 12.1 Å². The molecule has 0 atom stereocenters. The second-order valence-electron chi connectivity index (χ2n) is 2.71. The number of phenolic OH excluding ortho intramolecular Hbond substituents is 1. The minimum atomic E-state index is 0.203. The van der Waals surface area contributed by atoms with E-state index in [9.17, 15) is 5.11 Å². The molecule has 14 heavy (non-hydrogen) atoms. The van der Waals surface area contributed by atoms with Gasteiger partial charge < -0.3 is 10.8 Å². The van der Waals surface area contributed by atoms with Crippen molar-refractivity contribution in [1.82, 2.24) is 4.98 Å². The van der Waals surface area contributed by atoms with Crippen molar-refractivity contribution in [2.75, 3.05) is 5.73 Å². The van der Waals surface area contributed by atoms with Crippen LogP contribution in [0, 0.1) is 0 Å². The van der Waals surface area contributed by atoms with Crippen LogP contribution in [0.2, 0.25) is 0 Å². The predicted octanol–water partition coefficient (Wildman–Crippen LogP) is 2.86. The second-order valence-corrected chi connectivity index (χ2v) is 4.39. The van der Waals surface area contributed by atoms with E-state index in [4.69, 9.17) is 5.73 Å². The Balaban J connectivity index is 2.57. The van der Waals surface area contributed by atoms with Gasteiger partial charge in [-0.3, -0.25) is 0 Å². The molecule has 1 aromatic heterocycles. The molecule has 1 heterocycles. The van der Waals surface area contributed by atoms with Gasteiger partial charge in [0.05, 0.1) is 10.2 Å². The van der Waals surface area contributed by atoms with Crippen molar-refractivity contribution in [2.45, 2.75) is 0 Å². The normalized spacial score (nSPS) is 10.4. The summed E-state index contributed by atoms with van der Waals surface area (Å²) in [5.74, 6) is 0.203. The molecular formula is C9H7BrN2OS. The Morgan fingerprint density at radius 3 is 2.86 bits per heavy atom. The highest BCUT2D eigenvalue weighted by atomic mass is 79.9. The lowest BCUT2D eigenvalue weighted by molar-refractivity contribution is 0.472. The molecule has 0 aliphatic carbocycles. The molecule has 72 valence electrons. The summed E-state index contributed by atoms with van der Waals surface area (Å²) in [7, 11) is 0. The number of nitrogens with two attached hydrogens (primary N) is 1. The lowest BCUT2D eigenvalue weighted by atomic mass is 10.2. The van der Waals surface area contributed by atoms with E-state index in [1.807, 2.05) is 11.4 Å². The molecule has 2 rings (SSSR count). The second kappa shape index (κ2) is 3.59. The van der Waals surface area contributed by atoms with Gasteiger partial charge in [0, 0.05) is 10.9 Å². The lowest BCUT2D eigenvalue weighted by Crippen LogP contribution is -1.84. The summed E-state index contributed by atoms with van der Waals surface area (Å²) < 4.78 is 0.644. The van der Waals surface area contributed by atoms with Gasteiger partial charge in [-0.15, -0.1) is 11.3 Å². The average Bonchev–Trinajstić information content (AvgIpc) is 2.57. The molecule has 0 aliphatic heterocycles. The monoisotopic (exact) mass is 270 g/mol. The van der Waals surface area contributed by atoms with Gasteiger partial charge in [-0.2, -0.15) is 0 Å². The summed E-state index contributed by atoms with van der Waals surface area (Å²) in [6.45, 7) is 0. The Hall–Kier alpha value is -1.07. The zero-order chi connectivity index (χ0) is 10.1. The molecule has 3 N–H and O–H groups in total. The summed E-state index contributed by atoms with van der Waals surface area (Å²) in [6, 6.07) is 5.26. The standard InChI is InChI=1S/C9H7BrN2OS/c10-8-5(2-1-3-7(8)13)6-4-14-9(11)12-6/h1-4,13H,(H2,11,12). The third-order valence-corrected chi connectivity index (χ3v) is 3.28. The van der Waals surface area contributed by atoms with E-state index in [1.54, 1.807) is 12.1 Å². The van der Waals surface area contributed by atoms with Crippen molar-refractivity contribution in [3.8, 4) is 17.0 Å². The summed E-state index contributed by atoms with van der Waals surface area (Å²) in [6.07, 6.45) is 0. The molecular weight excluding hydrogens is 264 g/mol. The smallest absolute Gasteiger partial charge is 0.180 e. The van der Waals surface area contributed by atoms with Crippen molar-refractivity contribution in [3.05, 3.63) is 28.1 Å². The summed E-state index contributed by atoms with van der Waals surface area (Å²) in [4.78, 5) is 4.14. The molecule has 0 aliphatic rings. The Morgan fingerprint density at radius 2 is 2.21 bits per heavy atom. The fraction of sp³-hybridized carbons (Fsp3) is 0. The van der Waals surface area contributed by atoms with Crippen LogP contribution < -0.4 is 5.73 Å². The fourth-order valence-electron chi connectivity index (χ4n) is 1.13. The van der Waals surface area contributed by atoms with Gasteiger partial charge in [0.1, 0.15) is 5.75 Å². The van der Waals surface area contributed by atoms with Crippen LogP contribution in [0.4, 0.5) is 5.13 Å². The van der Waals surface area contributed by atoms with Gasteiger partial charge in [0.2, 0.25) is 0 Å². The van der Waals surface area contributed by atoms with Gasteiger partial charge in [0.25, 0.3) is 0 Å². The number of benzene rings is 1. The molecule has 1 aromatic carbocycles. The van der Waals surface area contributed by atoms with Crippen LogP contribution in [0.1, 0.15) is 0 Å². The Kier molecular flexibility index (Phi) is 2.43. The van der Waals surface area contributed by atoms with Crippen LogP contribution in [0.25, 0.3) is 11.3 Å². The van der Waals surface area contributed by atoms with E-state index in [0.717, 1.165) is 11.3 Å². The van der Waals surface area contributed by atoms with Crippen LogP contribution in [0.5, 0.6) is 5.75 Å². The number of nitrogen functional groups attached to an aromatic ring is 1. The molecule has 0 bridgehead atoms. The maximum Gasteiger partial charge on any atom is 0.180 e. The molecule has 0 amide bonds. The van der Waals surface area contributed by atoms with Crippen molar-refractivity contribution in [1.29, 1.82) is 0 Å². The first-order valence-electron chi connectivity index (χ1n) is 3.87. The van der Waals surface area contributed by atoms with Crippen molar-refractivity contribution >= 4 is 32.4 Å². The Labute approximate surface area is 93.4 Å². The molecule has 5 heteroatoms. The van der Waals surface area contributed by atoms with Crippen molar-refractivity contribution in [2.24, 2.45) is 0 Å². The summed E-state index contributed by atoms with van der Waals surface area (Å²) >= 11 is 4.68. The fourth-order valence-corrected chi connectivity index (χ4v) is 2.16. The number of anilines is 1. The molecule has 0 radical (unpaired) electrons. The van der Waals surface area contributed by atoms with Crippen LogP contribution >= 0.6 is 27.3 Å². The average molecular weight is 271 g/mol. The molecule has 3 nitrogen and oxygen atoms in total. The zero-order valence-electron chi connectivity index (χ0n) is 7.07. The minimum absolute atomic E-state index is 0.203. The largest absolute Gasteiger partial charge is 0.507 e. The van der Waals surface area contributed by atoms with E-state index in [0.29, 0.717) is 9.60 Å². The third kappa shape index (κ3) is 1.60. The SMILES string of the molecule is Nc1nc(-c2cccc(O)c2Br)cs1. The summed E-state index contributed by atoms with van der Waals surface area (Å²) in [5.41, 5.74) is 7.15. The topological polar surface area (TPSA) is 59.1 Å². The van der Waals surface area contributed by atoms with Crippen LogP contribution in [-0.2, 0) is 0 Å². The van der Waals surface area contributed by atoms with Gasteiger partial charge >= 0.3 is 0 Å². The maximum absolute atomic E-state index is 9.47. The van der Waals surface area contributed by atoms with E-state index >= 15 is 0 Å². The minimum Gasteiger partial charge on any atom is -0.507 e. The number of aromatic hydroxyl groups is 1. The highest BCUT2D eigenvalue weighted by Gasteiger charge is 2.09. The number of hydrogen-bond acceptors (Lipinski definition) is 4. The number of phenols is 1. The third-order valence-electron chi connectivity index (χ3n) is 1.78. The molecule has 0 fully saturated rings. The van der Waals surface area contributed by atoms with Gasteiger partial charge in [-0.25, -0.2) is 4.98 Å².